The average molecular weight is 426 g/mol. The topological polar surface area (TPSA) is 117 Å². The lowest BCUT2D eigenvalue weighted by Gasteiger charge is -2.22. The van der Waals surface area contributed by atoms with Gasteiger partial charge >= 0.3 is 5.69 Å². The number of fused-ring (bicyclic) bond motifs is 1. The number of aryl methyl sites for hydroxylation is 1. The Morgan fingerprint density at radius 1 is 1.19 bits per heavy atom. The maximum Gasteiger partial charge on any atom is 0.330 e. The number of primary amides is 1. The van der Waals surface area contributed by atoms with Gasteiger partial charge in [0.15, 0.2) is 11.5 Å². The van der Waals surface area contributed by atoms with Crippen LogP contribution < -0.4 is 16.7 Å². The van der Waals surface area contributed by atoms with E-state index in [4.69, 9.17) is 10.5 Å². The Bertz CT molecular complexity index is 1240. The van der Waals surface area contributed by atoms with Gasteiger partial charge in [0.1, 0.15) is 5.52 Å². The maximum atomic E-state index is 14.8. The van der Waals surface area contributed by atoms with Crippen molar-refractivity contribution in [2.24, 2.45) is 5.73 Å². The van der Waals surface area contributed by atoms with Gasteiger partial charge < -0.3 is 15.8 Å². The first kappa shape index (κ1) is 19.7. The Balaban J connectivity index is 1.60. The highest BCUT2D eigenvalue weighted by Crippen LogP contribution is 2.37. The Morgan fingerprint density at radius 3 is 2.58 bits per heavy atom. The Labute approximate surface area is 177 Å². The van der Waals surface area contributed by atoms with E-state index in [1.807, 2.05) is 0 Å². The summed E-state index contributed by atoms with van der Waals surface area (Å²) < 4.78 is 23.7. The van der Waals surface area contributed by atoms with E-state index in [0.29, 0.717) is 29.9 Å². The largest absolute Gasteiger partial charge is 0.381 e. The number of hydrogen-bond acceptors (Lipinski definition) is 6. The van der Waals surface area contributed by atoms with Gasteiger partial charge in [0.25, 0.3) is 5.91 Å². The summed E-state index contributed by atoms with van der Waals surface area (Å²) in [7, 11) is 0. The normalized spacial score (nSPS) is 17.2. The minimum Gasteiger partial charge on any atom is -0.381 e. The molecule has 1 amide bonds. The zero-order chi connectivity index (χ0) is 21.7. The van der Waals surface area contributed by atoms with Crippen LogP contribution >= 0.6 is 0 Å². The van der Waals surface area contributed by atoms with Crippen molar-refractivity contribution < 1.29 is 13.9 Å². The second-order valence-electron chi connectivity index (χ2n) is 8.16. The lowest BCUT2D eigenvalue weighted by Crippen LogP contribution is -2.30. The van der Waals surface area contributed by atoms with E-state index in [9.17, 15) is 14.0 Å². The fraction of sp³-hybridized carbons (Fsp3) is 0.429. The van der Waals surface area contributed by atoms with Crippen molar-refractivity contribution in [1.82, 2.24) is 19.1 Å². The molecule has 0 bridgehead atoms. The van der Waals surface area contributed by atoms with Crippen LogP contribution in [0, 0.1) is 12.7 Å². The number of anilines is 2. The maximum absolute atomic E-state index is 14.8. The van der Waals surface area contributed by atoms with E-state index in [2.05, 4.69) is 15.3 Å². The molecule has 0 spiro atoms. The molecule has 1 aliphatic carbocycles. The Hall–Kier alpha value is -3.27. The van der Waals surface area contributed by atoms with Crippen LogP contribution in [-0.2, 0) is 4.74 Å². The predicted molar refractivity (Wildman–Crippen MR) is 112 cm³/mol. The molecule has 1 saturated heterocycles. The minimum atomic E-state index is -0.851. The van der Waals surface area contributed by atoms with Gasteiger partial charge in [-0.25, -0.2) is 14.2 Å². The van der Waals surface area contributed by atoms with Crippen LogP contribution in [0.2, 0.25) is 0 Å². The molecule has 1 aromatic carbocycles. The summed E-state index contributed by atoms with van der Waals surface area (Å²) in [4.78, 5) is 33.7. The van der Waals surface area contributed by atoms with Gasteiger partial charge in [-0.15, -0.1) is 0 Å². The zero-order valence-electron chi connectivity index (χ0n) is 17.1. The van der Waals surface area contributed by atoms with Gasteiger partial charge in [-0.05, 0) is 50.3 Å². The molecule has 9 nitrogen and oxygen atoms in total. The summed E-state index contributed by atoms with van der Waals surface area (Å²) in [6.07, 6.45) is 4.97. The molecule has 5 rings (SSSR count). The van der Waals surface area contributed by atoms with E-state index < -0.39 is 11.7 Å². The quantitative estimate of drug-likeness (QED) is 0.648. The lowest BCUT2D eigenvalue weighted by molar-refractivity contribution is 0.0694. The molecule has 1 saturated carbocycles. The van der Waals surface area contributed by atoms with Crippen LogP contribution in [0.25, 0.3) is 11.2 Å². The number of nitrogens with one attached hydrogen (secondary N) is 1. The second kappa shape index (κ2) is 7.45. The molecule has 0 radical (unpaired) electrons. The number of amides is 1. The van der Waals surface area contributed by atoms with Crippen molar-refractivity contribution in [2.75, 3.05) is 18.5 Å². The van der Waals surface area contributed by atoms with Crippen LogP contribution in [0.15, 0.2) is 23.1 Å². The van der Waals surface area contributed by atoms with Crippen LogP contribution in [0.5, 0.6) is 0 Å². The minimum absolute atomic E-state index is 0.0105. The molecule has 162 valence electrons. The molecule has 31 heavy (non-hydrogen) atoms. The molecule has 3 aromatic rings. The zero-order valence-corrected chi connectivity index (χ0v) is 17.1. The molecule has 0 unspecified atom stereocenters. The number of carbonyl (C=O) groups excluding carboxylic acids is 1. The number of benzene rings is 1. The number of nitrogens with zero attached hydrogens (tertiary/aromatic N) is 4. The highest BCUT2D eigenvalue weighted by atomic mass is 19.1. The van der Waals surface area contributed by atoms with Crippen molar-refractivity contribution in [3.63, 3.8) is 0 Å². The summed E-state index contributed by atoms with van der Waals surface area (Å²) in [6, 6.07) is 3.11. The number of imidazole rings is 1. The summed E-state index contributed by atoms with van der Waals surface area (Å²) in [5.74, 6) is -1.48. The highest BCUT2D eigenvalue weighted by Gasteiger charge is 2.32. The second-order valence-corrected chi connectivity index (χ2v) is 8.16. The number of hydrogen-bond donors (Lipinski definition) is 2. The SMILES string of the molecule is Cc1cc(Nc2ncc3c(n2)n(C2CCOCC2)c(=O)n3C2CC2)c(F)c(C(N)=O)c1. The van der Waals surface area contributed by atoms with E-state index in [1.165, 1.54) is 6.07 Å². The average Bonchev–Trinajstić information content (AvgIpc) is 3.53. The number of rotatable bonds is 5. The fourth-order valence-electron chi connectivity index (χ4n) is 4.20. The molecular formula is C21H23FN6O3. The van der Waals surface area contributed by atoms with Crippen LogP contribution in [0.4, 0.5) is 16.0 Å². The van der Waals surface area contributed by atoms with Gasteiger partial charge in [0.2, 0.25) is 5.95 Å². The molecule has 2 fully saturated rings. The third-order valence-corrected chi connectivity index (χ3v) is 5.85. The van der Waals surface area contributed by atoms with E-state index in [0.717, 1.165) is 25.7 Å². The smallest absolute Gasteiger partial charge is 0.330 e. The Morgan fingerprint density at radius 2 is 1.90 bits per heavy atom. The Kier molecular flexibility index (Phi) is 4.73. The van der Waals surface area contributed by atoms with Crippen molar-refractivity contribution in [3.05, 3.63) is 45.8 Å². The summed E-state index contributed by atoms with van der Waals surface area (Å²) >= 11 is 0. The predicted octanol–water partition coefficient (Wildman–Crippen LogP) is 2.57. The van der Waals surface area contributed by atoms with Gasteiger partial charge in [0.05, 0.1) is 17.4 Å². The fourth-order valence-corrected chi connectivity index (χ4v) is 4.20. The molecule has 2 aromatic heterocycles. The molecule has 2 aliphatic rings. The van der Waals surface area contributed by atoms with Crippen molar-refractivity contribution in [2.45, 2.75) is 44.7 Å². The third-order valence-electron chi connectivity index (χ3n) is 5.85. The molecule has 3 N–H and O–H groups in total. The number of nitrogens with two attached hydrogens (primary N) is 1. The van der Waals surface area contributed by atoms with Crippen molar-refractivity contribution in [1.29, 1.82) is 0 Å². The van der Waals surface area contributed by atoms with E-state index >= 15 is 0 Å². The number of ether oxygens (including phenoxy) is 1. The first-order chi connectivity index (χ1) is 14.9. The number of aromatic nitrogens is 4. The van der Waals surface area contributed by atoms with Crippen LogP contribution in [-0.4, -0.2) is 38.2 Å². The first-order valence-corrected chi connectivity index (χ1v) is 10.4. The van der Waals surface area contributed by atoms with Gasteiger partial charge in [-0.3, -0.25) is 13.9 Å². The number of carbonyl (C=O) groups is 1. The van der Waals surface area contributed by atoms with Crippen LogP contribution in [0.1, 0.15) is 53.7 Å². The standard InChI is InChI=1S/C21H23FN6O3/c1-11-8-14(18(23)29)17(22)15(9-11)25-20-24-10-16-19(26-20)28(13-4-6-31-7-5-13)21(30)27(16)12-2-3-12/h8-10,12-13H,2-7H2,1H3,(H2,23,29)(H,24,25,26). The number of halogens is 1. The molecule has 0 atom stereocenters. The third kappa shape index (κ3) is 3.46. The van der Waals surface area contributed by atoms with Crippen molar-refractivity contribution >= 4 is 28.7 Å². The van der Waals surface area contributed by atoms with E-state index in [-0.39, 0.29) is 35.0 Å². The molecule has 10 heteroatoms. The first-order valence-electron chi connectivity index (χ1n) is 10.4. The molecule has 1 aliphatic heterocycles. The molecule has 3 heterocycles. The van der Waals surface area contributed by atoms with Gasteiger partial charge in [-0.2, -0.15) is 4.98 Å². The van der Waals surface area contributed by atoms with E-state index in [1.54, 1.807) is 28.3 Å². The van der Waals surface area contributed by atoms with Gasteiger partial charge in [-0.1, -0.05) is 0 Å². The molecular weight excluding hydrogens is 403 g/mol. The van der Waals surface area contributed by atoms with Gasteiger partial charge in [0, 0.05) is 25.3 Å². The highest BCUT2D eigenvalue weighted by molar-refractivity contribution is 5.94. The van der Waals surface area contributed by atoms with Crippen LogP contribution in [0.3, 0.4) is 0 Å². The van der Waals surface area contributed by atoms with Crippen molar-refractivity contribution in [3.8, 4) is 0 Å². The summed E-state index contributed by atoms with van der Waals surface area (Å²) in [5, 5.41) is 2.85. The summed E-state index contributed by atoms with van der Waals surface area (Å²) in [6.45, 7) is 2.92. The monoisotopic (exact) mass is 426 g/mol. The lowest BCUT2D eigenvalue weighted by atomic mass is 10.1. The summed E-state index contributed by atoms with van der Waals surface area (Å²) in [5.41, 5.74) is 6.90.